The summed E-state index contributed by atoms with van der Waals surface area (Å²) in [6, 6.07) is 4.26. The second kappa shape index (κ2) is 6.02. The normalized spacial score (nSPS) is 11.0. The summed E-state index contributed by atoms with van der Waals surface area (Å²) in [6.45, 7) is 7.19. The van der Waals surface area contributed by atoms with Crippen LogP contribution in [0.2, 0.25) is 0 Å². The van der Waals surface area contributed by atoms with E-state index in [9.17, 15) is 0 Å². The van der Waals surface area contributed by atoms with Gasteiger partial charge in [-0.3, -0.25) is 0 Å². The Labute approximate surface area is 111 Å². The third-order valence-corrected chi connectivity index (χ3v) is 3.53. The molecule has 1 aromatic heterocycles. The van der Waals surface area contributed by atoms with Gasteiger partial charge in [0, 0.05) is 13.0 Å². The lowest BCUT2D eigenvalue weighted by Crippen LogP contribution is -2.23. The van der Waals surface area contributed by atoms with Gasteiger partial charge in [-0.05, 0) is 46.3 Å². The maximum Gasteiger partial charge on any atom is 0.109 e. The van der Waals surface area contributed by atoms with E-state index in [1.807, 2.05) is 13.1 Å². The van der Waals surface area contributed by atoms with Crippen LogP contribution in [0.1, 0.15) is 32.3 Å². The molecule has 0 spiro atoms. The molecule has 0 aliphatic heterocycles. The van der Waals surface area contributed by atoms with E-state index in [0.29, 0.717) is 6.42 Å². The van der Waals surface area contributed by atoms with Gasteiger partial charge in [0.05, 0.1) is 18.0 Å². The highest BCUT2D eigenvalue weighted by atomic mass is 79.9. The first-order valence-corrected chi connectivity index (χ1v) is 6.47. The lowest BCUT2D eigenvalue weighted by molar-refractivity contribution is 0.364. The van der Waals surface area contributed by atoms with Crippen LogP contribution in [0.15, 0.2) is 16.9 Å². The van der Waals surface area contributed by atoms with Crippen molar-refractivity contribution in [3.63, 3.8) is 0 Å². The van der Waals surface area contributed by atoms with Crippen LogP contribution in [0.25, 0.3) is 0 Å². The largest absolute Gasteiger partial charge is 0.383 e. The van der Waals surface area contributed by atoms with Crippen molar-refractivity contribution in [1.29, 1.82) is 5.26 Å². The lowest BCUT2D eigenvalue weighted by atomic mass is 9.88. The Morgan fingerprint density at radius 3 is 2.82 bits per heavy atom. The third kappa shape index (κ3) is 4.74. The zero-order valence-corrected chi connectivity index (χ0v) is 12.1. The van der Waals surface area contributed by atoms with Crippen molar-refractivity contribution in [2.24, 2.45) is 5.41 Å². The first-order chi connectivity index (χ1) is 7.94. The Balaban J connectivity index is 2.55. The van der Waals surface area contributed by atoms with Gasteiger partial charge in [0.2, 0.25) is 0 Å². The van der Waals surface area contributed by atoms with E-state index in [0.717, 1.165) is 28.8 Å². The number of anilines is 1. The minimum Gasteiger partial charge on any atom is -0.383 e. The van der Waals surface area contributed by atoms with Crippen molar-refractivity contribution >= 4 is 21.6 Å². The number of rotatable bonds is 5. The van der Waals surface area contributed by atoms with Crippen molar-refractivity contribution < 1.29 is 0 Å². The van der Waals surface area contributed by atoms with E-state index in [1.54, 1.807) is 0 Å². The monoisotopic (exact) mass is 295 g/mol. The van der Waals surface area contributed by atoms with Gasteiger partial charge in [-0.25, -0.2) is 4.98 Å². The summed E-state index contributed by atoms with van der Waals surface area (Å²) < 4.78 is 0.881. The number of nitriles is 1. The highest BCUT2D eigenvalue weighted by Crippen LogP contribution is 2.23. The first kappa shape index (κ1) is 14.0. The smallest absolute Gasteiger partial charge is 0.109 e. The standard InChI is InChI=1S/C13H18BrN3/c1-10-7-11(8-16-12(10)14)17-9-13(2,3)5-4-6-15/h7-8,17H,4-5,9H2,1-3H3. The summed E-state index contributed by atoms with van der Waals surface area (Å²) in [6.07, 6.45) is 3.32. The molecule has 0 aliphatic carbocycles. The van der Waals surface area contributed by atoms with Crippen LogP contribution in [-0.4, -0.2) is 11.5 Å². The topological polar surface area (TPSA) is 48.7 Å². The highest BCUT2D eigenvalue weighted by molar-refractivity contribution is 9.10. The number of aromatic nitrogens is 1. The van der Waals surface area contributed by atoms with Crippen LogP contribution in [0.3, 0.4) is 0 Å². The second-order valence-corrected chi connectivity index (χ2v) is 5.76. The molecule has 0 atom stereocenters. The average molecular weight is 296 g/mol. The van der Waals surface area contributed by atoms with Crippen LogP contribution in [-0.2, 0) is 0 Å². The Morgan fingerprint density at radius 2 is 2.24 bits per heavy atom. The molecule has 1 heterocycles. The van der Waals surface area contributed by atoms with Crippen LogP contribution in [0.5, 0.6) is 0 Å². The van der Waals surface area contributed by atoms with Gasteiger partial charge in [0.25, 0.3) is 0 Å². The molecule has 0 aromatic carbocycles. The molecule has 0 bridgehead atoms. The van der Waals surface area contributed by atoms with Crippen molar-refractivity contribution in [3.05, 3.63) is 22.4 Å². The number of aryl methyl sites for hydroxylation is 1. The van der Waals surface area contributed by atoms with E-state index in [2.05, 4.69) is 52.2 Å². The zero-order valence-electron chi connectivity index (χ0n) is 10.5. The fraction of sp³-hybridized carbons (Fsp3) is 0.538. The minimum absolute atomic E-state index is 0.122. The molecule has 0 radical (unpaired) electrons. The molecular weight excluding hydrogens is 278 g/mol. The van der Waals surface area contributed by atoms with E-state index in [4.69, 9.17) is 5.26 Å². The van der Waals surface area contributed by atoms with Crippen LogP contribution in [0.4, 0.5) is 5.69 Å². The van der Waals surface area contributed by atoms with Crippen molar-refractivity contribution in [2.75, 3.05) is 11.9 Å². The quantitative estimate of drug-likeness (QED) is 0.838. The second-order valence-electron chi connectivity index (χ2n) is 5.01. The summed E-state index contributed by atoms with van der Waals surface area (Å²) in [7, 11) is 0. The van der Waals surface area contributed by atoms with Crippen LogP contribution in [0, 0.1) is 23.7 Å². The Bertz CT molecular complexity index is 421. The number of nitrogens with one attached hydrogen (secondary N) is 1. The van der Waals surface area contributed by atoms with Gasteiger partial charge in [-0.15, -0.1) is 0 Å². The predicted octanol–water partition coefficient (Wildman–Crippen LogP) is 3.89. The number of halogens is 1. The van der Waals surface area contributed by atoms with Gasteiger partial charge in [0.15, 0.2) is 0 Å². The van der Waals surface area contributed by atoms with Gasteiger partial charge in [-0.1, -0.05) is 13.8 Å². The van der Waals surface area contributed by atoms with Gasteiger partial charge >= 0.3 is 0 Å². The van der Waals surface area contributed by atoms with Gasteiger partial charge in [-0.2, -0.15) is 5.26 Å². The number of pyridine rings is 1. The molecule has 1 aromatic rings. The Hall–Kier alpha value is -1.08. The molecule has 0 unspecified atom stereocenters. The average Bonchev–Trinajstić information content (AvgIpc) is 2.28. The van der Waals surface area contributed by atoms with Crippen LogP contribution < -0.4 is 5.32 Å². The van der Waals surface area contributed by atoms with E-state index in [1.165, 1.54) is 0 Å². The van der Waals surface area contributed by atoms with Crippen molar-refractivity contribution in [3.8, 4) is 6.07 Å². The van der Waals surface area contributed by atoms with E-state index < -0.39 is 0 Å². The lowest BCUT2D eigenvalue weighted by Gasteiger charge is -2.24. The fourth-order valence-electron chi connectivity index (χ4n) is 1.48. The maximum absolute atomic E-state index is 8.60. The molecule has 1 rings (SSSR count). The van der Waals surface area contributed by atoms with Gasteiger partial charge < -0.3 is 5.32 Å². The Kier molecular flexibility index (Phi) is 4.95. The molecular formula is C13H18BrN3. The number of hydrogen-bond acceptors (Lipinski definition) is 3. The van der Waals surface area contributed by atoms with E-state index >= 15 is 0 Å². The maximum atomic E-state index is 8.60. The Morgan fingerprint density at radius 1 is 1.53 bits per heavy atom. The van der Waals surface area contributed by atoms with E-state index in [-0.39, 0.29) is 5.41 Å². The fourth-order valence-corrected chi connectivity index (χ4v) is 1.70. The zero-order chi connectivity index (χ0) is 12.9. The SMILES string of the molecule is Cc1cc(NCC(C)(C)CCC#N)cnc1Br. The summed E-state index contributed by atoms with van der Waals surface area (Å²) >= 11 is 3.38. The molecule has 4 heteroatoms. The molecule has 0 aliphatic rings. The highest BCUT2D eigenvalue weighted by Gasteiger charge is 2.17. The first-order valence-electron chi connectivity index (χ1n) is 5.67. The van der Waals surface area contributed by atoms with Crippen LogP contribution >= 0.6 is 15.9 Å². The molecule has 3 nitrogen and oxygen atoms in total. The molecule has 0 amide bonds. The minimum atomic E-state index is 0.122. The summed E-state index contributed by atoms with van der Waals surface area (Å²) in [5, 5.41) is 12.0. The molecule has 0 fully saturated rings. The number of hydrogen-bond donors (Lipinski definition) is 1. The number of nitrogens with zero attached hydrogens (tertiary/aromatic N) is 2. The summed E-state index contributed by atoms with van der Waals surface area (Å²) in [5.41, 5.74) is 2.26. The molecule has 0 saturated heterocycles. The summed E-state index contributed by atoms with van der Waals surface area (Å²) in [5.74, 6) is 0. The molecule has 92 valence electrons. The van der Waals surface area contributed by atoms with Crippen molar-refractivity contribution in [1.82, 2.24) is 4.98 Å². The molecule has 0 saturated carbocycles. The molecule has 17 heavy (non-hydrogen) atoms. The third-order valence-electron chi connectivity index (χ3n) is 2.70. The van der Waals surface area contributed by atoms with Crippen molar-refractivity contribution in [2.45, 2.75) is 33.6 Å². The summed E-state index contributed by atoms with van der Waals surface area (Å²) in [4.78, 5) is 4.24. The van der Waals surface area contributed by atoms with Gasteiger partial charge in [0.1, 0.15) is 4.60 Å². The predicted molar refractivity (Wildman–Crippen MR) is 73.8 cm³/mol. The molecule has 1 N–H and O–H groups in total.